The van der Waals surface area contributed by atoms with Gasteiger partial charge in [0.05, 0.1) is 6.61 Å². The van der Waals surface area contributed by atoms with Crippen LogP contribution >= 0.6 is 0 Å². The largest absolute Gasteiger partial charge is 0.381 e. The van der Waals surface area contributed by atoms with Crippen LogP contribution in [0, 0.1) is 11.3 Å². The SMILES string of the molecule is O=CC1([C@@H]2CCCOC2)CCC1. The van der Waals surface area contributed by atoms with Crippen molar-refractivity contribution in [2.45, 2.75) is 32.1 Å². The summed E-state index contributed by atoms with van der Waals surface area (Å²) in [6, 6.07) is 0. The van der Waals surface area contributed by atoms with Gasteiger partial charge in [-0.15, -0.1) is 0 Å². The summed E-state index contributed by atoms with van der Waals surface area (Å²) in [5.74, 6) is 0.525. The maximum absolute atomic E-state index is 11.0. The van der Waals surface area contributed by atoms with Gasteiger partial charge < -0.3 is 9.53 Å². The van der Waals surface area contributed by atoms with E-state index in [9.17, 15) is 4.79 Å². The molecule has 0 aromatic rings. The second-order valence-electron chi connectivity index (χ2n) is 4.12. The average Bonchev–Trinajstić information content (AvgIpc) is 2.05. The summed E-state index contributed by atoms with van der Waals surface area (Å²) in [5.41, 5.74) is 0.0282. The number of aldehydes is 1. The van der Waals surface area contributed by atoms with Gasteiger partial charge in [-0.1, -0.05) is 6.42 Å². The number of carbonyl (C=O) groups excluding carboxylic acids is 1. The Hall–Kier alpha value is -0.370. The molecule has 1 aliphatic carbocycles. The van der Waals surface area contributed by atoms with Gasteiger partial charge in [-0.05, 0) is 31.6 Å². The van der Waals surface area contributed by atoms with Crippen molar-refractivity contribution in [2.24, 2.45) is 11.3 Å². The summed E-state index contributed by atoms with van der Waals surface area (Å²) in [7, 11) is 0. The smallest absolute Gasteiger partial charge is 0.126 e. The highest BCUT2D eigenvalue weighted by molar-refractivity contribution is 5.61. The molecular weight excluding hydrogens is 152 g/mol. The highest BCUT2D eigenvalue weighted by atomic mass is 16.5. The van der Waals surface area contributed by atoms with E-state index >= 15 is 0 Å². The first-order valence-corrected chi connectivity index (χ1v) is 4.91. The summed E-state index contributed by atoms with van der Waals surface area (Å²) in [6.07, 6.45) is 6.96. The first-order valence-electron chi connectivity index (χ1n) is 4.91. The molecule has 2 rings (SSSR count). The summed E-state index contributed by atoms with van der Waals surface area (Å²) >= 11 is 0. The van der Waals surface area contributed by atoms with Gasteiger partial charge in [0.2, 0.25) is 0 Å². The molecule has 0 bridgehead atoms. The standard InChI is InChI=1S/C10H16O2/c11-8-10(4-2-5-10)9-3-1-6-12-7-9/h8-9H,1-7H2/t9-/m1/s1. The van der Waals surface area contributed by atoms with Crippen molar-refractivity contribution in [3.05, 3.63) is 0 Å². The van der Waals surface area contributed by atoms with Crippen molar-refractivity contribution in [2.75, 3.05) is 13.2 Å². The molecule has 1 heterocycles. The highest BCUT2D eigenvalue weighted by Gasteiger charge is 2.44. The van der Waals surface area contributed by atoms with Gasteiger partial charge in [0, 0.05) is 12.0 Å². The van der Waals surface area contributed by atoms with E-state index in [-0.39, 0.29) is 5.41 Å². The lowest BCUT2D eigenvalue weighted by molar-refractivity contribution is -0.130. The molecule has 68 valence electrons. The van der Waals surface area contributed by atoms with Gasteiger partial charge in [0.1, 0.15) is 6.29 Å². The Labute approximate surface area is 73.3 Å². The van der Waals surface area contributed by atoms with Gasteiger partial charge >= 0.3 is 0 Å². The minimum Gasteiger partial charge on any atom is -0.381 e. The molecule has 0 radical (unpaired) electrons. The molecule has 0 amide bonds. The van der Waals surface area contributed by atoms with Crippen LogP contribution in [-0.2, 0) is 9.53 Å². The lowest BCUT2D eigenvalue weighted by Crippen LogP contribution is -2.42. The molecule has 1 atom stereocenters. The van der Waals surface area contributed by atoms with Crippen LogP contribution in [0.25, 0.3) is 0 Å². The average molecular weight is 168 g/mol. The van der Waals surface area contributed by atoms with Crippen molar-refractivity contribution < 1.29 is 9.53 Å². The first-order chi connectivity index (χ1) is 5.87. The van der Waals surface area contributed by atoms with Crippen molar-refractivity contribution in [1.29, 1.82) is 0 Å². The van der Waals surface area contributed by atoms with Gasteiger partial charge in [0.25, 0.3) is 0 Å². The molecule has 1 aliphatic heterocycles. The Bertz CT molecular complexity index is 167. The van der Waals surface area contributed by atoms with Crippen LogP contribution in [0.4, 0.5) is 0 Å². The number of hydrogen-bond acceptors (Lipinski definition) is 2. The predicted molar refractivity (Wildman–Crippen MR) is 45.9 cm³/mol. The summed E-state index contributed by atoms with van der Waals surface area (Å²) in [5, 5.41) is 0. The molecular formula is C10H16O2. The van der Waals surface area contributed by atoms with Crippen molar-refractivity contribution in [3.63, 3.8) is 0 Å². The van der Waals surface area contributed by atoms with E-state index in [1.807, 2.05) is 0 Å². The zero-order valence-electron chi connectivity index (χ0n) is 7.42. The van der Waals surface area contributed by atoms with E-state index in [1.165, 1.54) is 19.1 Å². The van der Waals surface area contributed by atoms with Crippen LogP contribution in [0.2, 0.25) is 0 Å². The van der Waals surface area contributed by atoms with Crippen LogP contribution in [0.5, 0.6) is 0 Å². The zero-order chi connectivity index (χ0) is 8.44. The molecule has 1 saturated heterocycles. The van der Waals surface area contributed by atoms with Crippen LogP contribution < -0.4 is 0 Å². The molecule has 2 fully saturated rings. The Balaban J connectivity index is 1.99. The van der Waals surface area contributed by atoms with Crippen molar-refractivity contribution in [1.82, 2.24) is 0 Å². The Kier molecular flexibility index (Phi) is 2.18. The quantitative estimate of drug-likeness (QED) is 0.587. The van der Waals surface area contributed by atoms with Crippen LogP contribution in [0.15, 0.2) is 0 Å². The van der Waals surface area contributed by atoms with Crippen LogP contribution in [-0.4, -0.2) is 19.5 Å². The lowest BCUT2D eigenvalue weighted by Gasteiger charge is -2.44. The summed E-state index contributed by atoms with van der Waals surface area (Å²) in [6.45, 7) is 1.71. The molecule has 0 spiro atoms. The van der Waals surface area contributed by atoms with E-state index < -0.39 is 0 Å². The fraction of sp³-hybridized carbons (Fsp3) is 0.900. The van der Waals surface area contributed by atoms with Crippen LogP contribution in [0.3, 0.4) is 0 Å². The minimum absolute atomic E-state index is 0.0282. The Morgan fingerprint density at radius 3 is 2.58 bits per heavy atom. The number of carbonyl (C=O) groups is 1. The zero-order valence-corrected chi connectivity index (χ0v) is 7.42. The molecule has 2 nitrogen and oxygen atoms in total. The fourth-order valence-corrected chi connectivity index (χ4v) is 2.40. The second-order valence-corrected chi connectivity index (χ2v) is 4.12. The third kappa shape index (κ3) is 1.18. The third-order valence-electron chi connectivity index (χ3n) is 3.49. The van der Waals surface area contributed by atoms with E-state index in [0.29, 0.717) is 5.92 Å². The van der Waals surface area contributed by atoms with Gasteiger partial charge in [-0.25, -0.2) is 0 Å². The summed E-state index contributed by atoms with van der Waals surface area (Å²) < 4.78 is 5.41. The van der Waals surface area contributed by atoms with Crippen molar-refractivity contribution in [3.8, 4) is 0 Å². The lowest BCUT2D eigenvalue weighted by atomic mass is 9.61. The van der Waals surface area contributed by atoms with E-state index in [1.54, 1.807) is 0 Å². The van der Waals surface area contributed by atoms with E-state index in [2.05, 4.69) is 0 Å². The third-order valence-corrected chi connectivity index (χ3v) is 3.49. The molecule has 12 heavy (non-hydrogen) atoms. The second kappa shape index (κ2) is 3.17. The maximum atomic E-state index is 11.0. The number of hydrogen-bond donors (Lipinski definition) is 0. The Morgan fingerprint density at radius 2 is 2.17 bits per heavy atom. The molecule has 0 unspecified atom stereocenters. The summed E-state index contributed by atoms with van der Waals surface area (Å²) in [4.78, 5) is 11.0. The fourth-order valence-electron chi connectivity index (χ4n) is 2.40. The molecule has 2 heteroatoms. The van der Waals surface area contributed by atoms with E-state index in [4.69, 9.17) is 4.74 Å². The monoisotopic (exact) mass is 168 g/mol. The van der Waals surface area contributed by atoms with Crippen molar-refractivity contribution >= 4 is 6.29 Å². The first kappa shape index (κ1) is 8.24. The topological polar surface area (TPSA) is 26.3 Å². The molecule has 1 saturated carbocycles. The Morgan fingerprint density at radius 1 is 1.33 bits per heavy atom. The molecule has 2 aliphatic rings. The normalized spacial score (nSPS) is 33.8. The molecule has 0 aromatic carbocycles. The number of ether oxygens (including phenoxy) is 1. The van der Waals surface area contributed by atoms with Gasteiger partial charge in [0.15, 0.2) is 0 Å². The number of rotatable bonds is 2. The predicted octanol–water partition coefficient (Wildman–Crippen LogP) is 1.78. The molecule has 0 aromatic heterocycles. The van der Waals surface area contributed by atoms with Crippen LogP contribution in [0.1, 0.15) is 32.1 Å². The van der Waals surface area contributed by atoms with E-state index in [0.717, 1.165) is 32.5 Å². The van der Waals surface area contributed by atoms with Gasteiger partial charge in [-0.2, -0.15) is 0 Å². The molecule has 0 N–H and O–H groups in total. The minimum atomic E-state index is 0.0282. The maximum Gasteiger partial charge on any atom is 0.126 e. The highest BCUT2D eigenvalue weighted by Crippen LogP contribution is 2.47. The van der Waals surface area contributed by atoms with Gasteiger partial charge in [-0.3, -0.25) is 0 Å².